The van der Waals surface area contributed by atoms with Crippen molar-refractivity contribution < 1.29 is 28.8 Å². The third kappa shape index (κ3) is 4.61. The fourth-order valence-electron chi connectivity index (χ4n) is 3.45. The van der Waals surface area contributed by atoms with Crippen LogP contribution in [0.4, 0.5) is 0 Å². The Morgan fingerprint density at radius 1 is 0.692 bits per heavy atom. The number of carbonyl (C=O) groups is 1. The Morgan fingerprint density at radius 3 is 1.35 bits per heavy atom. The average Bonchev–Trinajstić information content (AvgIpc) is 2.67. The maximum Gasteiger partial charge on any atom is 0.129 e. The molecule has 0 radical (unpaired) electrons. The van der Waals surface area contributed by atoms with Crippen molar-refractivity contribution in [3.05, 3.63) is 91.0 Å². The van der Waals surface area contributed by atoms with Gasteiger partial charge in [0.1, 0.15) is 29.0 Å². The zero-order valence-electron chi connectivity index (χ0n) is 15.0. The lowest BCUT2D eigenvalue weighted by Crippen LogP contribution is -3.00. The number of benzene rings is 3. The first-order valence-corrected chi connectivity index (χ1v) is 10.8. The van der Waals surface area contributed by atoms with Gasteiger partial charge in [-0.2, -0.15) is 0 Å². The van der Waals surface area contributed by atoms with Crippen molar-refractivity contribution in [3.8, 4) is 0 Å². The fourth-order valence-corrected chi connectivity index (χ4v) is 7.79. The Labute approximate surface area is 174 Å². The molecule has 1 nitrogen and oxygen atoms in total. The van der Waals surface area contributed by atoms with E-state index in [0.717, 1.165) is 12.6 Å². The van der Waals surface area contributed by atoms with Crippen LogP contribution in [0.25, 0.3) is 0 Å². The highest BCUT2D eigenvalue weighted by Gasteiger charge is 2.44. The molecule has 0 heterocycles. The zero-order valence-corrected chi connectivity index (χ0v) is 18.1. The molecule has 0 amide bonds. The Bertz CT molecular complexity index is 707. The smallest absolute Gasteiger partial charge is 0.129 e. The summed E-state index contributed by atoms with van der Waals surface area (Å²) in [5, 5.41) is 4.16. The summed E-state index contributed by atoms with van der Waals surface area (Å²) in [5.74, 6) is 0.271. The SMILES string of the molecule is CC(=O)CCC[P+](c1ccccc1)(c1ccccc1)c1ccccc1.[I-]. The Balaban J connectivity index is 0.00000243. The van der Waals surface area contributed by atoms with Gasteiger partial charge >= 0.3 is 0 Å². The predicted octanol–water partition coefficient (Wildman–Crippen LogP) is 1.35. The van der Waals surface area contributed by atoms with Crippen molar-refractivity contribution in [2.24, 2.45) is 0 Å². The van der Waals surface area contributed by atoms with Crippen molar-refractivity contribution in [1.82, 2.24) is 0 Å². The van der Waals surface area contributed by atoms with Crippen LogP contribution in [0.2, 0.25) is 0 Å². The Hall–Kier alpha value is -1.51. The molecule has 0 spiro atoms. The third-order valence-corrected chi connectivity index (χ3v) is 9.14. The molecule has 0 aliphatic carbocycles. The lowest BCUT2D eigenvalue weighted by molar-refractivity contribution is -0.117. The highest BCUT2D eigenvalue weighted by Crippen LogP contribution is 2.55. The standard InChI is InChI=1S/C23H24OP.HI/c1-20(24)12-11-19-25(21-13-5-2-6-14-21,22-15-7-3-8-16-22)23-17-9-4-10-18-23;/h2-10,13-18H,11-12,19H2,1H3;1H/q+1;/p-1. The van der Waals surface area contributed by atoms with E-state index < -0.39 is 7.26 Å². The van der Waals surface area contributed by atoms with Crippen molar-refractivity contribution in [2.75, 3.05) is 6.16 Å². The number of halogens is 1. The van der Waals surface area contributed by atoms with Gasteiger partial charge in [0.05, 0.1) is 6.16 Å². The van der Waals surface area contributed by atoms with Crippen LogP contribution in [0, 0.1) is 0 Å². The molecule has 3 aromatic carbocycles. The second kappa shape index (κ2) is 9.99. The van der Waals surface area contributed by atoms with Crippen LogP contribution in [0.1, 0.15) is 19.8 Å². The van der Waals surface area contributed by atoms with E-state index in [9.17, 15) is 4.79 Å². The molecule has 0 N–H and O–H groups in total. The largest absolute Gasteiger partial charge is 1.00 e. The van der Waals surface area contributed by atoms with Crippen LogP contribution < -0.4 is 39.9 Å². The summed E-state index contributed by atoms with van der Waals surface area (Å²) < 4.78 is 0. The number of ketones is 1. The van der Waals surface area contributed by atoms with Crippen LogP contribution in [0.5, 0.6) is 0 Å². The summed E-state index contributed by atoms with van der Waals surface area (Å²) in [5.41, 5.74) is 0. The van der Waals surface area contributed by atoms with Crippen LogP contribution in [-0.4, -0.2) is 11.9 Å². The molecular weight excluding hydrogens is 450 g/mol. The molecule has 26 heavy (non-hydrogen) atoms. The monoisotopic (exact) mass is 474 g/mol. The van der Waals surface area contributed by atoms with Gasteiger partial charge in [0.2, 0.25) is 0 Å². The normalized spacial score (nSPS) is 10.8. The number of hydrogen-bond donors (Lipinski definition) is 0. The molecular formula is C23H24IOP. The van der Waals surface area contributed by atoms with Crippen molar-refractivity contribution in [2.45, 2.75) is 19.8 Å². The number of rotatable bonds is 7. The van der Waals surface area contributed by atoms with Gasteiger partial charge < -0.3 is 28.8 Å². The van der Waals surface area contributed by atoms with Crippen molar-refractivity contribution >= 4 is 29.0 Å². The van der Waals surface area contributed by atoms with E-state index in [2.05, 4.69) is 91.0 Å². The van der Waals surface area contributed by atoms with Gasteiger partial charge in [-0.3, -0.25) is 0 Å². The lowest BCUT2D eigenvalue weighted by Gasteiger charge is -2.27. The van der Waals surface area contributed by atoms with Crippen LogP contribution in [0.15, 0.2) is 91.0 Å². The molecule has 0 saturated heterocycles. The molecule has 0 aromatic heterocycles. The molecule has 3 aromatic rings. The maximum absolute atomic E-state index is 11.6. The van der Waals surface area contributed by atoms with Crippen LogP contribution >= 0.6 is 7.26 Å². The number of Topliss-reactive ketones (excluding diaryl/α,β-unsaturated/α-hetero) is 1. The van der Waals surface area contributed by atoms with Gasteiger partial charge in [-0.25, -0.2) is 0 Å². The van der Waals surface area contributed by atoms with Crippen molar-refractivity contribution in [3.63, 3.8) is 0 Å². The van der Waals surface area contributed by atoms with Gasteiger partial charge in [0, 0.05) is 6.42 Å². The van der Waals surface area contributed by atoms with E-state index in [4.69, 9.17) is 0 Å². The van der Waals surface area contributed by atoms with E-state index >= 15 is 0 Å². The molecule has 0 unspecified atom stereocenters. The van der Waals surface area contributed by atoms with Crippen LogP contribution in [0.3, 0.4) is 0 Å². The molecule has 0 bridgehead atoms. The van der Waals surface area contributed by atoms with E-state index in [-0.39, 0.29) is 29.8 Å². The minimum atomic E-state index is -1.76. The quantitative estimate of drug-likeness (QED) is 0.374. The first kappa shape index (κ1) is 20.8. The maximum atomic E-state index is 11.6. The molecule has 0 fully saturated rings. The average molecular weight is 474 g/mol. The summed E-state index contributed by atoms with van der Waals surface area (Å²) in [6.45, 7) is 1.69. The van der Waals surface area contributed by atoms with E-state index in [1.807, 2.05) is 0 Å². The lowest BCUT2D eigenvalue weighted by atomic mass is 10.3. The summed E-state index contributed by atoms with van der Waals surface area (Å²) in [4.78, 5) is 11.6. The predicted molar refractivity (Wildman–Crippen MR) is 110 cm³/mol. The van der Waals surface area contributed by atoms with Gasteiger partial charge in [-0.05, 0) is 49.7 Å². The summed E-state index contributed by atoms with van der Waals surface area (Å²) in [6, 6.07) is 32.5. The Morgan fingerprint density at radius 2 is 1.04 bits per heavy atom. The third-order valence-electron chi connectivity index (χ3n) is 4.61. The molecule has 0 saturated carbocycles. The topological polar surface area (TPSA) is 17.1 Å². The molecule has 134 valence electrons. The van der Waals surface area contributed by atoms with Gasteiger partial charge in [-0.15, -0.1) is 0 Å². The molecule has 0 aliphatic rings. The molecule has 0 aliphatic heterocycles. The van der Waals surface area contributed by atoms with E-state index in [1.165, 1.54) is 15.9 Å². The Kier molecular flexibility index (Phi) is 7.99. The number of hydrogen-bond acceptors (Lipinski definition) is 1. The van der Waals surface area contributed by atoms with Gasteiger partial charge in [0.25, 0.3) is 0 Å². The van der Waals surface area contributed by atoms with Gasteiger partial charge in [0.15, 0.2) is 0 Å². The first-order valence-electron chi connectivity index (χ1n) is 8.78. The minimum Gasteiger partial charge on any atom is -1.00 e. The fraction of sp³-hybridized carbons (Fsp3) is 0.174. The van der Waals surface area contributed by atoms with E-state index in [1.54, 1.807) is 6.92 Å². The summed E-state index contributed by atoms with van der Waals surface area (Å²) in [6.07, 6.45) is 2.58. The minimum absolute atomic E-state index is 0. The number of carbonyl (C=O) groups excluding carboxylic acids is 1. The summed E-state index contributed by atoms with van der Waals surface area (Å²) >= 11 is 0. The second-order valence-electron chi connectivity index (χ2n) is 6.35. The van der Waals surface area contributed by atoms with E-state index in [0.29, 0.717) is 6.42 Å². The summed E-state index contributed by atoms with van der Waals surface area (Å²) in [7, 11) is -1.76. The first-order chi connectivity index (χ1) is 12.2. The molecule has 3 rings (SSSR count). The molecule has 0 atom stereocenters. The molecule has 3 heteroatoms. The highest BCUT2D eigenvalue weighted by molar-refractivity contribution is 7.95. The van der Waals surface area contributed by atoms with Crippen LogP contribution in [-0.2, 0) is 4.79 Å². The highest BCUT2D eigenvalue weighted by atomic mass is 127. The zero-order chi connectivity index (χ0) is 17.5. The second-order valence-corrected chi connectivity index (χ2v) is 9.96. The van der Waals surface area contributed by atoms with Gasteiger partial charge in [-0.1, -0.05) is 54.6 Å². The van der Waals surface area contributed by atoms with Crippen molar-refractivity contribution in [1.29, 1.82) is 0 Å².